The van der Waals surface area contributed by atoms with E-state index >= 15 is 0 Å². The molecule has 0 N–H and O–H groups in total. The number of aromatic nitrogens is 1. The van der Waals surface area contributed by atoms with Gasteiger partial charge in [-0.05, 0) is 22.6 Å². The first kappa shape index (κ1) is 13.7. The Morgan fingerprint density at radius 1 is 1.53 bits per heavy atom. The summed E-state index contributed by atoms with van der Waals surface area (Å²) in [5.41, 5.74) is -0.838. The van der Waals surface area contributed by atoms with Crippen molar-refractivity contribution in [3.05, 3.63) is 19.9 Å². The van der Waals surface area contributed by atoms with Crippen molar-refractivity contribution >= 4 is 28.3 Å². The van der Waals surface area contributed by atoms with Crippen LogP contribution in [-0.4, -0.2) is 23.4 Å². The highest BCUT2D eigenvalue weighted by Gasteiger charge is 2.38. The quantitative estimate of drug-likeness (QED) is 0.468. The molecule has 0 atom stereocenters. The third kappa shape index (κ3) is 3.31. The monoisotopic (exact) mass is 364 g/mol. The molecule has 10 heteroatoms. The lowest BCUT2D eigenvalue weighted by molar-refractivity contribution is -0.389. The first-order chi connectivity index (χ1) is 7.76. The Hall–Kier alpha value is -1.33. The van der Waals surface area contributed by atoms with Crippen molar-refractivity contribution < 1.29 is 27.6 Å². The zero-order valence-electron chi connectivity index (χ0n) is 8.12. The zero-order chi connectivity index (χ0) is 13.2. The van der Waals surface area contributed by atoms with Crippen LogP contribution >= 0.6 is 22.6 Å². The van der Waals surface area contributed by atoms with Gasteiger partial charge in [0.25, 0.3) is 11.6 Å². The van der Waals surface area contributed by atoms with E-state index in [0.29, 0.717) is 0 Å². The number of halogens is 4. The molecule has 1 aromatic heterocycles. The van der Waals surface area contributed by atoms with Gasteiger partial charge in [0.05, 0.1) is 18.2 Å². The van der Waals surface area contributed by atoms with Crippen LogP contribution in [0.1, 0.15) is 0 Å². The molecule has 1 rings (SSSR count). The molecule has 0 spiro atoms. The SMILES string of the molecule is COc1ncc(I)c([N+](=O)[O-])c1OC(F)(F)F. The number of pyridine rings is 1. The second-order valence-corrected chi connectivity index (χ2v) is 3.76. The van der Waals surface area contributed by atoms with E-state index in [9.17, 15) is 23.3 Å². The van der Waals surface area contributed by atoms with Crippen molar-refractivity contribution in [1.29, 1.82) is 0 Å². The third-order valence-electron chi connectivity index (χ3n) is 1.52. The highest BCUT2D eigenvalue weighted by atomic mass is 127. The maximum Gasteiger partial charge on any atom is 0.573 e. The van der Waals surface area contributed by atoms with E-state index in [2.05, 4.69) is 14.5 Å². The fourth-order valence-corrected chi connectivity index (χ4v) is 1.55. The van der Waals surface area contributed by atoms with Gasteiger partial charge in [0.2, 0.25) is 0 Å². The standard InChI is InChI=1S/C7H4F3IN2O4/c1-16-6-5(17-7(8,9)10)4(13(14)15)3(11)2-12-6/h2H,1H3. The molecule has 0 fully saturated rings. The minimum Gasteiger partial charge on any atom is -0.478 e. The first-order valence-corrected chi connectivity index (χ1v) is 4.96. The normalized spacial score (nSPS) is 11.1. The van der Waals surface area contributed by atoms with Crippen LogP contribution in [0, 0.1) is 13.7 Å². The number of nitro groups is 1. The molecule has 0 aliphatic heterocycles. The molecule has 17 heavy (non-hydrogen) atoms. The van der Waals surface area contributed by atoms with Crippen LogP contribution in [0.15, 0.2) is 6.20 Å². The summed E-state index contributed by atoms with van der Waals surface area (Å²) in [4.78, 5) is 13.1. The van der Waals surface area contributed by atoms with Crippen LogP contribution < -0.4 is 9.47 Å². The van der Waals surface area contributed by atoms with Gasteiger partial charge in [-0.1, -0.05) is 0 Å². The van der Waals surface area contributed by atoms with Crippen LogP contribution in [0.4, 0.5) is 18.9 Å². The van der Waals surface area contributed by atoms with E-state index < -0.39 is 28.6 Å². The van der Waals surface area contributed by atoms with Gasteiger partial charge in [-0.3, -0.25) is 10.1 Å². The number of hydrogen-bond acceptors (Lipinski definition) is 5. The van der Waals surface area contributed by atoms with E-state index in [4.69, 9.17) is 0 Å². The van der Waals surface area contributed by atoms with E-state index in [1.165, 1.54) is 22.6 Å². The second kappa shape index (κ2) is 4.89. The predicted molar refractivity (Wildman–Crippen MR) is 56.8 cm³/mol. The molecule has 0 amide bonds. The summed E-state index contributed by atoms with van der Waals surface area (Å²) < 4.78 is 44.3. The Labute approximate surface area is 106 Å². The molecular weight excluding hydrogens is 360 g/mol. The van der Waals surface area contributed by atoms with Gasteiger partial charge in [0.1, 0.15) is 3.57 Å². The van der Waals surface area contributed by atoms with Crippen LogP contribution in [0.5, 0.6) is 11.6 Å². The molecule has 1 heterocycles. The van der Waals surface area contributed by atoms with E-state index in [1.807, 2.05) is 0 Å². The molecule has 1 aromatic rings. The van der Waals surface area contributed by atoms with Gasteiger partial charge < -0.3 is 9.47 Å². The molecule has 94 valence electrons. The smallest absolute Gasteiger partial charge is 0.478 e. The number of methoxy groups -OCH3 is 1. The molecule has 0 aliphatic rings. The topological polar surface area (TPSA) is 74.5 Å². The van der Waals surface area contributed by atoms with Gasteiger partial charge in [-0.25, -0.2) is 4.98 Å². The van der Waals surface area contributed by atoms with Crippen LogP contribution in [0.25, 0.3) is 0 Å². The van der Waals surface area contributed by atoms with E-state index in [0.717, 1.165) is 13.3 Å². The van der Waals surface area contributed by atoms with Crippen LogP contribution in [-0.2, 0) is 0 Å². The predicted octanol–water partition coefficient (Wildman–Crippen LogP) is 2.50. The molecule has 0 bridgehead atoms. The number of ether oxygens (including phenoxy) is 2. The van der Waals surface area contributed by atoms with Gasteiger partial charge >= 0.3 is 12.0 Å². The minimum atomic E-state index is -5.07. The highest BCUT2D eigenvalue weighted by Crippen LogP contribution is 2.41. The van der Waals surface area contributed by atoms with Crippen molar-refractivity contribution in [2.45, 2.75) is 6.36 Å². The zero-order valence-corrected chi connectivity index (χ0v) is 10.3. The number of nitrogens with zero attached hydrogens (tertiary/aromatic N) is 2. The fraction of sp³-hybridized carbons (Fsp3) is 0.286. The van der Waals surface area contributed by atoms with Crippen LogP contribution in [0.3, 0.4) is 0 Å². The van der Waals surface area contributed by atoms with Crippen molar-refractivity contribution in [3.63, 3.8) is 0 Å². The highest BCUT2D eigenvalue weighted by molar-refractivity contribution is 14.1. The maximum atomic E-state index is 12.1. The molecule has 0 radical (unpaired) electrons. The molecule has 0 aromatic carbocycles. The molecule has 0 aliphatic carbocycles. The Kier molecular flexibility index (Phi) is 3.95. The average Bonchev–Trinajstić information content (AvgIpc) is 2.15. The fourth-order valence-electron chi connectivity index (χ4n) is 0.968. The lowest BCUT2D eigenvalue weighted by Crippen LogP contribution is -2.19. The van der Waals surface area contributed by atoms with E-state index in [-0.39, 0.29) is 3.57 Å². The summed E-state index contributed by atoms with van der Waals surface area (Å²) in [6, 6.07) is 0. The Balaban J connectivity index is 3.40. The summed E-state index contributed by atoms with van der Waals surface area (Å²) in [6.45, 7) is 0. The van der Waals surface area contributed by atoms with Gasteiger partial charge in [-0.2, -0.15) is 0 Å². The summed E-state index contributed by atoms with van der Waals surface area (Å²) in [5.74, 6) is -1.66. The lowest BCUT2D eigenvalue weighted by atomic mass is 10.4. The Bertz CT molecular complexity index is 451. The van der Waals surface area contributed by atoms with Gasteiger partial charge in [0.15, 0.2) is 0 Å². The van der Waals surface area contributed by atoms with Crippen molar-refractivity contribution in [3.8, 4) is 11.6 Å². The number of hydrogen-bond donors (Lipinski definition) is 0. The number of alkyl halides is 3. The summed E-state index contributed by atoms with van der Waals surface area (Å²) >= 11 is 1.48. The molecule has 6 nitrogen and oxygen atoms in total. The Morgan fingerprint density at radius 3 is 2.53 bits per heavy atom. The van der Waals surface area contributed by atoms with Gasteiger partial charge in [-0.15, -0.1) is 13.2 Å². The summed E-state index contributed by atoms with van der Waals surface area (Å²) in [7, 11) is 1.03. The van der Waals surface area contributed by atoms with Crippen molar-refractivity contribution in [1.82, 2.24) is 4.98 Å². The maximum absolute atomic E-state index is 12.1. The molecule has 0 saturated carbocycles. The first-order valence-electron chi connectivity index (χ1n) is 3.89. The lowest BCUT2D eigenvalue weighted by Gasteiger charge is -2.12. The summed E-state index contributed by atoms with van der Waals surface area (Å²) in [6.07, 6.45) is -4.05. The summed E-state index contributed by atoms with van der Waals surface area (Å²) in [5, 5.41) is 10.7. The van der Waals surface area contributed by atoms with Gasteiger partial charge in [0, 0.05) is 0 Å². The van der Waals surface area contributed by atoms with Crippen molar-refractivity contribution in [2.24, 2.45) is 0 Å². The third-order valence-corrected chi connectivity index (χ3v) is 2.31. The second-order valence-electron chi connectivity index (χ2n) is 2.60. The average molecular weight is 364 g/mol. The molecule has 0 unspecified atom stereocenters. The largest absolute Gasteiger partial charge is 0.573 e. The minimum absolute atomic E-state index is 0.0901. The number of rotatable bonds is 3. The van der Waals surface area contributed by atoms with Crippen molar-refractivity contribution in [2.75, 3.05) is 7.11 Å². The van der Waals surface area contributed by atoms with Crippen LogP contribution in [0.2, 0.25) is 0 Å². The molecular formula is C7H4F3IN2O4. The molecule has 0 saturated heterocycles. The Morgan fingerprint density at radius 2 is 2.12 bits per heavy atom. The van der Waals surface area contributed by atoms with E-state index in [1.54, 1.807) is 0 Å².